The summed E-state index contributed by atoms with van der Waals surface area (Å²) < 4.78 is 0. The van der Waals surface area contributed by atoms with Gasteiger partial charge >= 0.3 is 12.0 Å². The Morgan fingerprint density at radius 2 is 2.06 bits per heavy atom. The van der Waals surface area contributed by atoms with Gasteiger partial charge in [0.1, 0.15) is 0 Å². The van der Waals surface area contributed by atoms with Crippen molar-refractivity contribution in [2.24, 2.45) is 5.92 Å². The first-order valence-electron chi connectivity index (χ1n) is 6.78. The number of aliphatic carboxylic acids is 1. The number of hydrogen-bond donors (Lipinski definition) is 2. The Labute approximate surface area is 109 Å². The van der Waals surface area contributed by atoms with Gasteiger partial charge in [0.15, 0.2) is 0 Å². The first-order chi connectivity index (χ1) is 8.54. The maximum Gasteiger partial charge on any atom is 0.317 e. The lowest BCUT2D eigenvalue weighted by molar-refractivity contribution is -0.137. The largest absolute Gasteiger partial charge is 0.481 e. The average molecular weight is 256 g/mol. The maximum atomic E-state index is 11.9. The molecule has 1 saturated carbocycles. The van der Waals surface area contributed by atoms with E-state index in [9.17, 15) is 9.59 Å². The molecule has 104 valence electrons. The van der Waals surface area contributed by atoms with E-state index < -0.39 is 5.97 Å². The summed E-state index contributed by atoms with van der Waals surface area (Å²) in [4.78, 5) is 24.3. The summed E-state index contributed by atoms with van der Waals surface area (Å²) in [5.41, 5.74) is 0. The van der Waals surface area contributed by atoms with Gasteiger partial charge in [0.25, 0.3) is 0 Å². The molecule has 0 aliphatic heterocycles. The SMILES string of the molecule is CCCCCN(C)C(=O)NC(CC(=O)O)C1CC1. The molecule has 5 heteroatoms. The molecule has 5 nitrogen and oxygen atoms in total. The minimum Gasteiger partial charge on any atom is -0.481 e. The Bertz CT molecular complexity index is 290. The van der Waals surface area contributed by atoms with Gasteiger partial charge in [-0.15, -0.1) is 0 Å². The van der Waals surface area contributed by atoms with Crippen LogP contribution in [0.3, 0.4) is 0 Å². The lowest BCUT2D eigenvalue weighted by Crippen LogP contribution is -2.45. The van der Waals surface area contributed by atoms with E-state index in [1.807, 2.05) is 0 Å². The maximum absolute atomic E-state index is 11.9. The fourth-order valence-electron chi connectivity index (χ4n) is 1.99. The zero-order chi connectivity index (χ0) is 13.5. The van der Waals surface area contributed by atoms with E-state index in [2.05, 4.69) is 12.2 Å². The van der Waals surface area contributed by atoms with Crippen molar-refractivity contribution in [3.05, 3.63) is 0 Å². The molecule has 1 aliphatic rings. The fraction of sp³-hybridized carbons (Fsp3) is 0.846. The third-order valence-electron chi connectivity index (χ3n) is 3.34. The number of nitrogens with one attached hydrogen (secondary N) is 1. The molecule has 2 amide bonds. The molecule has 0 aromatic heterocycles. The summed E-state index contributed by atoms with van der Waals surface area (Å²) in [6.07, 6.45) is 5.31. The lowest BCUT2D eigenvalue weighted by Gasteiger charge is -2.22. The quantitative estimate of drug-likeness (QED) is 0.653. The summed E-state index contributed by atoms with van der Waals surface area (Å²) in [6.45, 7) is 2.85. The van der Waals surface area contributed by atoms with Crippen LogP contribution in [0.25, 0.3) is 0 Å². The average Bonchev–Trinajstić information content (AvgIpc) is 3.11. The van der Waals surface area contributed by atoms with Crippen LogP contribution >= 0.6 is 0 Å². The van der Waals surface area contributed by atoms with Crippen LogP contribution in [-0.4, -0.2) is 41.6 Å². The van der Waals surface area contributed by atoms with E-state index in [1.54, 1.807) is 11.9 Å². The Hall–Kier alpha value is -1.26. The molecule has 0 bridgehead atoms. The first kappa shape index (κ1) is 14.8. The number of rotatable bonds is 8. The molecule has 0 saturated heterocycles. The fourth-order valence-corrected chi connectivity index (χ4v) is 1.99. The molecule has 1 fully saturated rings. The summed E-state index contributed by atoms with van der Waals surface area (Å²) in [6, 6.07) is -0.354. The number of carboxylic acid groups (broad SMARTS) is 1. The summed E-state index contributed by atoms with van der Waals surface area (Å²) in [5, 5.41) is 11.7. The van der Waals surface area contributed by atoms with Gasteiger partial charge in [0, 0.05) is 19.6 Å². The molecule has 0 radical (unpaired) electrons. The molecular formula is C13H24N2O3. The highest BCUT2D eigenvalue weighted by Crippen LogP contribution is 2.34. The Morgan fingerprint density at radius 1 is 1.39 bits per heavy atom. The van der Waals surface area contributed by atoms with E-state index in [0.717, 1.165) is 38.6 Å². The Balaban J connectivity index is 2.33. The zero-order valence-corrected chi connectivity index (χ0v) is 11.3. The number of nitrogens with zero attached hydrogens (tertiary/aromatic N) is 1. The van der Waals surface area contributed by atoms with Gasteiger partial charge in [0.2, 0.25) is 0 Å². The van der Waals surface area contributed by atoms with Crippen molar-refractivity contribution in [2.75, 3.05) is 13.6 Å². The first-order valence-corrected chi connectivity index (χ1v) is 6.78. The standard InChI is InChI=1S/C13H24N2O3/c1-3-4-5-8-15(2)13(18)14-11(9-12(16)17)10-6-7-10/h10-11H,3-9H2,1-2H3,(H,14,18)(H,16,17). The Morgan fingerprint density at radius 3 is 2.56 bits per heavy atom. The number of urea groups is 1. The highest BCUT2D eigenvalue weighted by atomic mass is 16.4. The number of carbonyl (C=O) groups is 2. The summed E-state index contributed by atoms with van der Waals surface area (Å²) in [7, 11) is 1.76. The smallest absolute Gasteiger partial charge is 0.317 e. The van der Waals surface area contributed by atoms with Gasteiger partial charge < -0.3 is 15.3 Å². The van der Waals surface area contributed by atoms with Crippen LogP contribution in [0, 0.1) is 5.92 Å². The molecule has 1 rings (SSSR count). The third-order valence-corrected chi connectivity index (χ3v) is 3.34. The zero-order valence-electron chi connectivity index (χ0n) is 11.3. The van der Waals surface area contributed by atoms with E-state index in [1.165, 1.54) is 0 Å². The summed E-state index contributed by atoms with van der Waals surface area (Å²) >= 11 is 0. The van der Waals surface area contributed by atoms with Gasteiger partial charge in [-0.05, 0) is 25.2 Å². The number of amides is 2. The predicted molar refractivity (Wildman–Crippen MR) is 69.5 cm³/mol. The van der Waals surface area contributed by atoms with Crippen LogP contribution in [0.5, 0.6) is 0 Å². The van der Waals surface area contributed by atoms with Crippen LogP contribution in [0.2, 0.25) is 0 Å². The van der Waals surface area contributed by atoms with Crippen molar-refractivity contribution in [1.82, 2.24) is 10.2 Å². The van der Waals surface area contributed by atoms with Crippen LogP contribution in [-0.2, 0) is 4.79 Å². The summed E-state index contributed by atoms with van der Waals surface area (Å²) in [5.74, 6) is -0.491. The second-order valence-electron chi connectivity index (χ2n) is 5.12. The minimum atomic E-state index is -0.846. The molecule has 0 aromatic rings. The highest BCUT2D eigenvalue weighted by Gasteiger charge is 2.34. The van der Waals surface area contributed by atoms with Crippen molar-refractivity contribution in [3.8, 4) is 0 Å². The van der Waals surface area contributed by atoms with E-state index >= 15 is 0 Å². The molecule has 2 N–H and O–H groups in total. The second-order valence-corrected chi connectivity index (χ2v) is 5.12. The van der Waals surface area contributed by atoms with Crippen LogP contribution in [0.1, 0.15) is 45.4 Å². The normalized spacial score (nSPS) is 16.1. The van der Waals surface area contributed by atoms with Crippen LogP contribution < -0.4 is 5.32 Å². The van der Waals surface area contributed by atoms with Gasteiger partial charge in [-0.1, -0.05) is 19.8 Å². The van der Waals surface area contributed by atoms with Gasteiger partial charge in [-0.2, -0.15) is 0 Å². The molecule has 1 unspecified atom stereocenters. The predicted octanol–water partition coefficient (Wildman–Crippen LogP) is 2.07. The molecular weight excluding hydrogens is 232 g/mol. The molecule has 0 aromatic carbocycles. The molecule has 1 aliphatic carbocycles. The van der Waals surface area contributed by atoms with Gasteiger partial charge in [-0.3, -0.25) is 4.79 Å². The number of carbonyl (C=O) groups excluding carboxylic acids is 1. The Kier molecular flexibility index (Phi) is 5.95. The number of carboxylic acids is 1. The van der Waals surface area contributed by atoms with Crippen molar-refractivity contribution >= 4 is 12.0 Å². The number of unbranched alkanes of at least 4 members (excludes halogenated alkanes) is 2. The highest BCUT2D eigenvalue weighted by molar-refractivity contribution is 5.75. The third kappa shape index (κ3) is 5.38. The van der Waals surface area contributed by atoms with Gasteiger partial charge in [-0.25, -0.2) is 4.79 Å². The molecule has 18 heavy (non-hydrogen) atoms. The topological polar surface area (TPSA) is 69.6 Å². The lowest BCUT2D eigenvalue weighted by atomic mass is 10.1. The van der Waals surface area contributed by atoms with Crippen molar-refractivity contribution < 1.29 is 14.7 Å². The van der Waals surface area contributed by atoms with E-state index in [-0.39, 0.29) is 18.5 Å². The molecule has 0 spiro atoms. The van der Waals surface area contributed by atoms with Gasteiger partial charge in [0.05, 0.1) is 6.42 Å². The van der Waals surface area contributed by atoms with E-state index in [4.69, 9.17) is 5.11 Å². The molecule has 1 atom stereocenters. The van der Waals surface area contributed by atoms with E-state index in [0.29, 0.717) is 5.92 Å². The van der Waals surface area contributed by atoms with Crippen LogP contribution in [0.15, 0.2) is 0 Å². The second kappa shape index (κ2) is 7.24. The van der Waals surface area contributed by atoms with Crippen molar-refractivity contribution in [3.63, 3.8) is 0 Å². The van der Waals surface area contributed by atoms with Crippen molar-refractivity contribution in [2.45, 2.75) is 51.5 Å². The molecule has 0 heterocycles. The monoisotopic (exact) mass is 256 g/mol. The van der Waals surface area contributed by atoms with Crippen molar-refractivity contribution in [1.29, 1.82) is 0 Å². The van der Waals surface area contributed by atoms with Crippen LogP contribution in [0.4, 0.5) is 4.79 Å². The number of hydrogen-bond acceptors (Lipinski definition) is 2. The minimum absolute atomic E-state index is 0.0270.